The van der Waals surface area contributed by atoms with Gasteiger partial charge in [-0.3, -0.25) is 4.79 Å². The van der Waals surface area contributed by atoms with E-state index in [-0.39, 0.29) is 18.3 Å². The van der Waals surface area contributed by atoms with Crippen LogP contribution in [0.15, 0.2) is 53.3 Å². The Morgan fingerprint density at radius 2 is 2.00 bits per heavy atom. The molecule has 0 aliphatic heterocycles. The number of aromatic nitrogens is 1. The van der Waals surface area contributed by atoms with Gasteiger partial charge < -0.3 is 21.2 Å². The molecule has 0 saturated carbocycles. The highest BCUT2D eigenvalue weighted by Crippen LogP contribution is 2.29. The van der Waals surface area contributed by atoms with Crippen LogP contribution in [0.2, 0.25) is 0 Å². The first kappa shape index (κ1) is 19.2. The number of nitrogens with zero attached hydrogens (tertiary/aromatic N) is 1. The van der Waals surface area contributed by atoms with Gasteiger partial charge in [-0.1, -0.05) is 23.4 Å². The number of H-pyrrole nitrogens is 1. The average molecular weight is 376 g/mol. The minimum atomic E-state index is -0.259. The Kier molecular flexibility index (Phi) is 5.49. The molecule has 0 aliphatic carbocycles. The van der Waals surface area contributed by atoms with Crippen molar-refractivity contribution in [1.82, 2.24) is 10.3 Å². The minimum absolute atomic E-state index is 0.000900. The Bertz CT molecular complexity index is 1090. The molecule has 1 amide bonds. The number of carbonyl (C=O) groups is 1. The monoisotopic (exact) mass is 376 g/mol. The van der Waals surface area contributed by atoms with E-state index in [0.29, 0.717) is 5.57 Å². The molecule has 0 atom stereocenters. The summed E-state index contributed by atoms with van der Waals surface area (Å²) < 4.78 is 0. The van der Waals surface area contributed by atoms with Crippen LogP contribution in [0.3, 0.4) is 0 Å². The van der Waals surface area contributed by atoms with Crippen LogP contribution in [0.1, 0.15) is 23.6 Å². The number of aryl methyl sites for hydroxylation is 2. The number of rotatable bonds is 5. The molecule has 2 aromatic carbocycles. The summed E-state index contributed by atoms with van der Waals surface area (Å²) in [5.74, 6) is -0.303. The van der Waals surface area contributed by atoms with Crippen LogP contribution in [0.25, 0.3) is 28.1 Å². The smallest absolute Gasteiger partial charge is 0.247 e. The number of hydrogen-bond donors (Lipinski definition) is 4. The zero-order valence-electron chi connectivity index (χ0n) is 16.2. The number of fused-ring (bicyclic) bond motifs is 1. The van der Waals surface area contributed by atoms with Gasteiger partial charge in [0.2, 0.25) is 5.91 Å². The third-order valence-corrected chi connectivity index (χ3v) is 4.77. The molecule has 5 N–H and O–H groups in total. The van der Waals surface area contributed by atoms with Crippen molar-refractivity contribution in [3.05, 3.63) is 64.9 Å². The van der Waals surface area contributed by atoms with Crippen LogP contribution in [-0.4, -0.2) is 28.5 Å². The summed E-state index contributed by atoms with van der Waals surface area (Å²) in [6.45, 7) is 5.84. The van der Waals surface area contributed by atoms with Gasteiger partial charge in [0.25, 0.3) is 0 Å². The molecule has 0 radical (unpaired) electrons. The summed E-state index contributed by atoms with van der Waals surface area (Å²) in [5.41, 5.74) is 12.6. The number of aromatic amines is 1. The van der Waals surface area contributed by atoms with Crippen molar-refractivity contribution in [2.45, 2.75) is 20.8 Å². The first-order chi connectivity index (χ1) is 13.4. The van der Waals surface area contributed by atoms with Gasteiger partial charge in [0.05, 0.1) is 6.54 Å². The van der Waals surface area contributed by atoms with Gasteiger partial charge in [-0.25, -0.2) is 0 Å². The van der Waals surface area contributed by atoms with Gasteiger partial charge >= 0.3 is 0 Å². The third-order valence-electron chi connectivity index (χ3n) is 4.77. The summed E-state index contributed by atoms with van der Waals surface area (Å²) in [4.78, 5) is 15.4. The van der Waals surface area contributed by atoms with E-state index >= 15 is 0 Å². The van der Waals surface area contributed by atoms with Gasteiger partial charge in [0.15, 0.2) is 5.84 Å². The van der Waals surface area contributed by atoms with Crippen molar-refractivity contribution in [1.29, 1.82) is 0 Å². The van der Waals surface area contributed by atoms with Crippen molar-refractivity contribution >= 4 is 28.7 Å². The standard InChI is InChI=1S/C22H24N4O2/c1-13-10-19(16-4-5-20-17(11-16)6-7-24-20)14(2)8-18(13)9-15(3)22(27)25-12-21(23)26-28/h4-11,24,28H,12H2,1-3H3,(H2,23,26)(H,25,27). The Hall–Kier alpha value is -3.54. The van der Waals surface area contributed by atoms with Crippen LogP contribution < -0.4 is 11.1 Å². The van der Waals surface area contributed by atoms with Crippen LogP contribution in [0, 0.1) is 13.8 Å². The Morgan fingerprint density at radius 1 is 1.21 bits per heavy atom. The van der Waals surface area contributed by atoms with Gasteiger partial charge in [0.1, 0.15) is 0 Å². The maximum Gasteiger partial charge on any atom is 0.247 e. The van der Waals surface area contributed by atoms with Crippen molar-refractivity contribution in [2.24, 2.45) is 10.9 Å². The number of nitrogens with two attached hydrogens (primary N) is 1. The molecule has 0 saturated heterocycles. The second-order valence-electron chi connectivity index (χ2n) is 6.90. The first-order valence-electron chi connectivity index (χ1n) is 9.00. The molecular formula is C22H24N4O2. The molecule has 3 rings (SSSR count). The van der Waals surface area contributed by atoms with Crippen molar-refractivity contribution in [2.75, 3.05) is 6.54 Å². The fraction of sp³-hybridized carbons (Fsp3) is 0.182. The number of oxime groups is 1. The molecule has 144 valence electrons. The lowest BCUT2D eigenvalue weighted by atomic mass is 9.93. The maximum absolute atomic E-state index is 12.2. The zero-order valence-corrected chi connectivity index (χ0v) is 16.2. The molecule has 0 fully saturated rings. The quantitative estimate of drug-likeness (QED) is 0.179. The molecule has 28 heavy (non-hydrogen) atoms. The van der Waals surface area contributed by atoms with E-state index in [9.17, 15) is 4.79 Å². The SMILES string of the molecule is CC(=Cc1cc(C)c(-c2ccc3[nH]ccc3c2)cc1C)C(=O)NCC(N)=NO. The normalized spacial score (nSPS) is 12.4. The van der Waals surface area contributed by atoms with Crippen LogP contribution in [0.4, 0.5) is 0 Å². The Morgan fingerprint density at radius 3 is 2.75 bits per heavy atom. The Labute approximate surface area is 163 Å². The molecule has 3 aromatic rings. The number of hydrogen-bond acceptors (Lipinski definition) is 3. The molecule has 0 bridgehead atoms. The van der Waals surface area contributed by atoms with Crippen LogP contribution in [-0.2, 0) is 4.79 Å². The van der Waals surface area contributed by atoms with E-state index in [1.165, 1.54) is 10.9 Å². The maximum atomic E-state index is 12.2. The van der Waals surface area contributed by atoms with Crippen molar-refractivity contribution in [3.8, 4) is 11.1 Å². The van der Waals surface area contributed by atoms with Gasteiger partial charge in [-0.2, -0.15) is 0 Å². The summed E-state index contributed by atoms with van der Waals surface area (Å²) in [6.07, 6.45) is 3.79. The van der Waals surface area contributed by atoms with Crippen molar-refractivity contribution in [3.63, 3.8) is 0 Å². The number of carbonyl (C=O) groups excluding carboxylic acids is 1. The molecule has 0 aliphatic rings. The third kappa shape index (κ3) is 4.06. The van der Waals surface area contributed by atoms with Crippen LogP contribution in [0.5, 0.6) is 0 Å². The van der Waals surface area contributed by atoms with E-state index in [1.54, 1.807) is 6.92 Å². The predicted octanol–water partition coefficient (Wildman–Crippen LogP) is 3.72. The average Bonchev–Trinajstić information content (AvgIpc) is 3.15. The molecule has 6 nitrogen and oxygen atoms in total. The van der Waals surface area contributed by atoms with E-state index in [4.69, 9.17) is 10.9 Å². The molecule has 0 spiro atoms. The lowest BCUT2D eigenvalue weighted by molar-refractivity contribution is -0.117. The van der Waals surface area contributed by atoms with E-state index in [2.05, 4.69) is 58.8 Å². The summed E-state index contributed by atoms with van der Waals surface area (Å²) in [5, 5.41) is 15.2. The predicted molar refractivity (Wildman–Crippen MR) is 113 cm³/mol. The summed E-state index contributed by atoms with van der Waals surface area (Å²) in [6, 6.07) is 12.7. The lowest BCUT2D eigenvalue weighted by Gasteiger charge is -2.12. The lowest BCUT2D eigenvalue weighted by Crippen LogP contribution is -2.33. The molecule has 1 aromatic heterocycles. The molecule has 6 heteroatoms. The highest BCUT2D eigenvalue weighted by molar-refractivity contribution is 5.99. The fourth-order valence-electron chi connectivity index (χ4n) is 3.17. The fourth-order valence-corrected chi connectivity index (χ4v) is 3.17. The summed E-state index contributed by atoms with van der Waals surface area (Å²) >= 11 is 0. The van der Waals surface area contributed by atoms with Gasteiger partial charge in [-0.05, 0) is 78.2 Å². The number of nitrogens with one attached hydrogen (secondary N) is 2. The second-order valence-corrected chi connectivity index (χ2v) is 6.90. The highest BCUT2D eigenvalue weighted by Gasteiger charge is 2.09. The van der Waals surface area contributed by atoms with Crippen LogP contribution >= 0.6 is 0 Å². The van der Waals surface area contributed by atoms with E-state index in [1.807, 2.05) is 19.2 Å². The van der Waals surface area contributed by atoms with E-state index in [0.717, 1.165) is 27.8 Å². The highest BCUT2D eigenvalue weighted by atomic mass is 16.4. The van der Waals surface area contributed by atoms with Gasteiger partial charge in [-0.15, -0.1) is 0 Å². The molecule has 1 heterocycles. The topological polar surface area (TPSA) is 104 Å². The number of benzene rings is 2. The molecule has 0 unspecified atom stereocenters. The van der Waals surface area contributed by atoms with E-state index < -0.39 is 0 Å². The second kappa shape index (κ2) is 8.00. The minimum Gasteiger partial charge on any atom is -0.409 e. The number of amides is 1. The number of amidine groups is 1. The Balaban J connectivity index is 1.88. The summed E-state index contributed by atoms with van der Waals surface area (Å²) in [7, 11) is 0. The zero-order chi connectivity index (χ0) is 20.3. The van der Waals surface area contributed by atoms with Gasteiger partial charge in [0, 0.05) is 17.3 Å². The molecular weight excluding hydrogens is 352 g/mol. The first-order valence-corrected chi connectivity index (χ1v) is 9.00. The van der Waals surface area contributed by atoms with Crippen molar-refractivity contribution < 1.29 is 10.0 Å². The largest absolute Gasteiger partial charge is 0.409 e.